The number of benzene rings is 1. The van der Waals surface area contributed by atoms with E-state index in [1.807, 2.05) is 0 Å². The first-order chi connectivity index (χ1) is 9.65. The molecule has 0 radical (unpaired) electrons. The number of imide groups is 1. The van der Waals surface area contributed by atoms with E-state index in [9.17, 15) is 14.0 Å². The van der Waals surface area contributed by atoms with E-state index in [4.69, 9.17) is 9.57 Å². The molecule has 2 aliphatic heterocycles. The maximum absolute atomic E-state index is 12.8. The largest absolute Gasteiger partial charge is 0.447 e. The van der Waals surface area contributed by atoms with E-state index >= 15 is 0 Å². The van der Waals surface area contributed by atoms with Gasteiger partial charge in [0.05, 0.1) is 12.3 Å². The maximum atomic E-state index is 12.8. The number of amides is 2. The molecule has 104 valence electrons. The van der Waals surface area contributed by atoms with Crippen molar-refractivity contribution < 1.29 is 23.6 Å². The van der Waals surface area contributed by atoms with Crippen molar-refractivity contribution >= 4 is 17.7 Å². The van der Waals surface area contributed by atoms with Gasteiger partial charge in [-0.25, -0.2) is 14.1 Å². The first-order valence-electron chi connectivity index (χ1n) is 6.12. The highest BCUT2D eigenvalue weighted by Gasteiger charge is 2.38. The Bertz CT molecular complexity index is 585. The van der Waals surface area contributed by atoms with Gasteiger partial charge < -0.3 is 9.57 Å². The number of rotatable bonds is 2. The number of halogens is 1. The zero-order valence-electron chi connectivity index (χ0n) is 10.4. The summed E-state index contributed by atoms with van der Waals surface area (Å²) in [6, 6.07) is 5.75. The molecule has 1 aromatic rings. The summed E-state index contributed by atoms with van der Waals surface area (Å²) in [4.78, 5) is 29.4. The van der Waals surface area contributed by atoms with Gasteiger partial charge in [-0.2, -0.15) is 0 Å². The topological polar surface area (TPSA) is 68.2 Å². The molecule has 20 heavy (non-hydrogen) atoms. The predicted molar refractivity (Wildman–Crippen MR) is 65.5 cm³/mol. The number of oxime groups is 1. The standard InChI is InChI=1S/C13H11FN2O4/c14-9-3-1-8(2-4-9)10-7-11(20-15-10)12(17)16-5-6-19-13(16)18/h1-4,11H,5-7H2. The van der Waals surface area contributed by atoms with Gasteiger partial charge in [0, 0.05) is 6.42 Å². The number of carbonyl (C=O) groups is 2. The van der Waals surface area contributed by atoms with Crippen molar-refractivity contribution in [3.05, 3.63) is 35.6 Å². The van der Waals surface area contributed by atoms with E-state index in [0.717, 1.165) is 4.90 Å². The number of cyclic esters (lactones) is 1. The quantitative estimate of drug-likeness (QED) is 0.817. The van der Waals surface area contributed by atoms with Crippen LogP contribution in [0.1, 0.15) is 12.0 Å². The first kappa shape index (κ1) is 12.6. The van der Waals surface area contributed by atoms with Crippen LogP contribution in [0.15, 0.2) is 29.4 Å². The zero-order chi connectivity index (χ0) is 14.1. The Morgan fingerprint density at radius 3 is 2.75 bits per heavy atom. The minimum atomic E-state index is -0.833. The summed E-state index contributed by atoms with van der Waals surface area (Å²) in [5.41, 5.74) is 1.24. The number of carbonyl (C=O) groups excluding carboxylic acids is 2. The normalized spacial score (nSPS) is 21.4. The Morgan fingerprint density at radius 1 is 1.35 bits per heavy atom. The van der Waals surface area contributed by atoms with Gasteiger partial charge in [0.15, 0.2) is 0 Å². The summed E-state index contributed by atoms with van der Waals surface area (Å²) >= 11 is 0. The minimum absolute atomic E-state index is 0.197. The summed E-state index contributed by atoms with van der Waals surface area (Å²) in [7, 11) is 0. The number of nitrogens with zero attached hydrogens (tertiary/aromatic N) is 2. The SMILES string of the molecule is O=C1OCCN1C(=O)C1CC(c2ccc(F)cc2)=NO1. The fourth-order valence-corrected chi connectivity index (χ4v) is 2.09. The highest BCUT2D eigenvalue weighted by atomic mass is 19.1. The van der Waals surface area contributed by atoms with Crippen LogP contribution in [-0.2, 0) is 14.4 Å². The second kappa shape index (κ2) is 4.92. The van der Waals surface area contributed by atoms with Crippen LogP contribution in [0.4, 0.5) is 9.18 Å². The number of hydrogen-bond acceptors (Lipinski definition) is 5. The Labute approximate surface area is 113 Å². The molecule has 2 heterocycles. The maximum Gasteiger partial charge on any atom is 0.416 e. The van der Waals surface area contributed by atoms with Crippen LogP contribution < -0.4 is 0 Å². The average Bonchev–Trinajstić information content (AvgIpc) is 3.08. The molecule has 0 N–H and O–H groups in total. The lowest BCUT2D eigenvalue weighted by Gasteiger charge is -2.13. The molecule has 2 aliphatic rings. The van der Waals surface area contributed by atoms with E-state index in [0.29, 0.717) is 11.3 Å². The molecule has 1 saturated heterocycles. The summed E-state index contributed by atoms with van der Waals surface area (Å²) in [6.45, 7) is 0.423. The molecule has 7 heteroatoms. The second-order valence-corrected chi connectivity index (χ2v) is 4.45. The van der Waals surface area contributed by atoms with Crippen LogP contribution in [-0.4, -0.2) is 41.9 Å². The summed E-state index contributed by atoms with van der Waals surface area (Å²) in [5.74, 6) is -0.811. The van der Waals surface area contributed by atoms with Gasteiger partial charge >= 0.3 is 6.09 Å². The number of ether oxygens (including phenoxy) is 1. The summed E-state index contributed by atoms with van der Waals surface area (Å²) in [6.07, 6.45) is -1.25. The fourth-order valence-electron chi connectivity index (χ4n) is 2.09. The van der Waals surface area contributed by atoms with Crippen LogP contribution in [0.25, 0.3) is 0 Å². The fraction of sp³-hybridized carbons (Fsp3) is 0.308. The first-order valence-corrected chi connectivity index (χ1v) is 6.12. The van der Waals surface area contributed by atoms with Gasteiger partial charge in [0.25, 0.3) is 5.91 Å². The smallest absolute Gasteiger partial charge is 0.416 e. The molecule has 0 spiro atoms. The van der Waals surface area contributed by atoms with Crippen LogP contribution in [0.5, 0.6) is 0 Å². The van der Waals surface area contributed by atoms with Crippen molar-refractivity contribution in [3.63, 3.8) is 0 Å². The van der Waals surface area contributed by atoms with Gasteiger partial charge in [0.1, 0.15) is 12.4 Å². The van der Waals surface area contributed by atoms with Crippen molar-refractivity contribution in [3.8, 4) is 0 Å². The number of hydrogen-bond donors (Lipinski definition) is 0. The van der Waals surface area contributed by atoms with E-state index in [2.05, 4.69) is 5.16 Å². The lowest BCUT2D eigenvalue weighted by atomic mass is 10.0. The van der Waals surface area contributed by atoms with Crippen LogP contribution >= 0.6 is 0 Å². The molecule has 1 unspecified atom stereocenters. The third-order valence-corrected chi connectivity index (χ3v) is 3.15. The molecular formula is C13H11FN2O4. The van der Waals surface area contributed by atoms with Crippen molar-refractivity contribution in [2.45, 2.75) is 12.5 Å². The molecule has 1 aromatic carbocycles. The lowest BCUT2D eigenvalue weighted by Crippen LogP contribution is -2.39. The van der Waals surface area contributed by atoms with E-state index in [1.165, 1.54) is 12.1 Å². The Hall–Kier alpha value is -2.44. The third kappa shape index (κ3) is 2.22. The molecule has 1 atom stereocenters. The summed E-state index contributed by atoms with van der Waals surface area (Å²) in [5, 5.41) is 3.83. The predicted octanol–water partition coefficient (Wildman–Crippen LogP) is 1.30. The molecule has 3 rings (SSSR count). The van der Waals surface area contributed by atoms with E-state index in [-0.39, 0.29) is 25.4 Å². The van der Waals surface area contributed by atoms with E-state index < -0.39 is 18.1 Å². The van der Waals surface area contributed by atoms with Crippen LogP contribution in [0, 0.1) is 5.82 Å². The Morgan fingerprint density at radius 2 is 2.10 bits per heavy atom. The molecule has 0 aromatic heterocycles. The second-order valence-electron chi connectivity index (χ2n) is 4.45. The molecule has 0 bridgehead atoms. The molecule has 2 amide bonds. The lowest BCUT2D eigenvalue weighted by molar-refractivity contribution is -0.138. The van der Waals surface area contributed by atoms with Crippen molar-refractivity contribution in [1.29, 1.82) is 0 Å². The average molecular weight is 278 g/mol. The van der Waals surface area contributed by atoms with Crippen LogP contribution in [0.2, 0.25) is 0 Å². The Kier molecular flexibility index (Phi) is 3.09. The third-order valence-electron chi connectivity index (χ3n) is 3.15. The summed E-state index contributed by atoms with van der Waals surface area (Å²) < 4.78 is 17.5. The van der Waals surface area contributed by atoms with Gasteiger partial charge in [-0.3, -0.25) is 4.79 Å². The van der Waals surface area contributed by atoms with Crippen molar-refractivity contribution in [1.82, 2.24) is 4.90 Å². The molecule has 0 aliphatic carbocycles. The van der Waals surface area contributed by atoms with Gasteiger partial charge in [-0.1, -0.05) is 17.3 Å². The molecule has 1 fully saturated rings. The van der Waals surface area contributed by atoms with E-state index in [1.54, 1.807) is 12.1 Å². The minimum Gasteiger partial charge on any atom is -0.447 e. The molecule has 6 nitrogen and oxygen atoms in total. The highest BCUT2D eigenvalue weighted by Crippen LogP contribution is 2.20. The van der Waals surface area contributed by atoms with Gasteiger partial charge in [0.2, 0.25) is 6.10 Å². The Balaban J connectivity index is 1.68. The molecule has 0 saturated carbocycles. The monoisotopic (exact) mass is 278 g/mol. The van der Waals surface area contributed by atoms with Crippen molar-refractivity contribution in [2.75, 3.05) is 13.2 Å². The highest BCUT2D eigenvalue weighted by molar-refractivity contribution is 6.05. The van der Waals surface area contributed by atoms with Crippen LogP contribution in [0.3, 0.4) is 0 Å². The van der Waals surface area contributed by atoms with Gasteiger partial charge in [-0.05, 0) is 17.7 Å². The van der Waals surface area contributed by atoms with Gasteiger partial charge in [-0.15, -0.1) is 0 Å². The zero-order valence-corrected chi connectivity index (χ0v) is 10.4. The molecular weight excluding hydrogens is 267 g/mol. The van der Waals surface area contributed by atoms with Crippen molar-refractivity contribution in [2.24, 2.45) is 5.16 Å².